The van der Waals surface area contributed by atoms with Gasteiger partial charge in [-0.3, -0.25) is 0 Å². The Balaban J connectivity index is 0.920. The van der Waals surface area contributed by atoms with E-state index in [4.69, 9.17) is 0 Å². The molecule has 73 heavy (non-hydrogen) atoms. The lowest BCUT2D eigenvalue weighted by Gasteiger charge is -2.15. The third-order valence-electron chi connectivity index (χ3n) is 14.3. The van der Waals surface area contributed by atoms with E-state index in [1.807, 2.05) is 35.6 Å². The monoisotopic (exact) mass is 978 g/mol. The summed E-state index contributed by atoms with van der Waals surface area (Å²) in [5.41, 5.74) is 16.0. The number of hydrogen-bond donors (Lipinski definition) is 0. The predicted molar refractivity (Wildman–Crippen MR) is 313 cm³/mol. The Hall–Kier alpha value is -8.94. The van der Waals surface area contributed by atoms with Crippen LogP contribution in [0.5, 0.6) is 0 Å². The van der Waals surface area contributed by atoms with Crippen LogP contribution in [0, 0.1) is 22.7 Å². The molecule has 0 aliphatic heterocycles. The first-order chi connectivity index (χ1) is 36.0. The van der Waals surface area contributed by atoms with Crippen LogP contribution in [0.2, 0.25) is 0 Å². The molecule has 3 aromatic heterocycles. The smallest absolute Gasteiger partial charge is 0.0992 e. The first-order valence-electron chi connectivity index (χ1n) is 24.2. The van der Waals surface area contributed by atoms with E-state index in [1.54, 1.807) is 22.7 Å². The van der Waals surface area contributed by atoms with Crippen molar-refractivity contribution < 1.29 is 0 Å². The molecule has 0 aliphatic carbocycles. The second kappa shape index (κ2) is 17.4. The lowest BCUT2D eigenvalue weighted by molar-refractivity contribution is 1.47. The summed E-state index contributed by atoms with van der Waals surface area (Å²) in [7, 11) is 0. The maximum Gasteiger partial charge on any atom is 0.0992 e. The Morgan fingerprint density at radius 3 is 0.973 bits per heavy atom. The van der Waals surface area contributed by atoms with Crippen molar-refractivity contribution in [1.82, 2.24) is 0 Å². The number of rotatable bonds is 7. The minimum absolute atomic E-state index is 0.594. The SMILES string of the molecule is N#Cc1cc(-c2cc(-c3cccc(-c4ccc(-c5cccc6c5sc5ccccc56)cc4)c3)cc(-c3cc(C#N)cc(-c4cccc5c4sc4ccccc45)c3)c2)cc(-c2cccc3c2sc2ccccc23)c1. The zero-order valence-corrected chi connectivity index (χ0v) is 41.5. The van der Waals surface area contributed by atoms with Crippen LogP contribution in [0.25, 0.3) is 138 Å². The Kier molecular flexibility index (Phi) is 10.2. The van der Waals surface area contributed by atoms with Crippen molar-refractivity contribution >= 4 is 94.5 Å². The molecule has 338 valence electrons. The van der Waals surface area contributed by atoms with Gasteiger partial charge in [0.25, 0.3) is 0 Å². The molecule has 0 saturated heterocycles. The van der Waals surface area contributed by atoms with Gasteiger partial charge in [0.05, 0.1) is 23.3 Å². The van der Waals surface area contributed by atoms with Gasteiger partial charge in [0.1, 0.15) is 0 Å². The highest BCUT2D eigenvalue weighted by molar-refractivity contribution is 7.27. The number of hydrogen-bond acceptors (Lipinski definition) is 5. The van der Waals surface area contributed by atoms with Gasteiger partial charge < -0.3 is 0 Å². The van der Waals surface area contributed by atoms with Crippen molar-refractivity contribution in [1.29, 1.82) is 10.5 Å². The molecular formula is C68H38N2S3. The minimum atomic E-state index is 0.594. The third kappa shape index (κ3) is 7.42. The molecule has 0 unspecified atom stereocenters. The van der Waals surface area contributed by atoms with E-state index in [0.717, 1.165) is 66.8 Å². The molecule has 14 aromatic rings. The van der Waals surface area contributed by atoms with E-state index < -0.39 is 0 Å². The molecule has 2 nitrogen and oxygen atoms in total. The predicted octanol–water partition coefficient (Wildman–Crippen LogP) is 20.2. The Morgan fingerprint density at radius 1 is 0.233 bits per heavy atom. The van der Waals surface area contributed by atoms with E-state index in [1.165, 1.54) is 71.6 Å². The van der Waals surface area contributed by atoms with Crippen LogP contribution in [-0.2, 0) is 0 Å². The molecule has 0 fully saturated rings. The zero-order valence-electron chi connectivity index (χ0n) is 39.1. The van der Waals surface area contributed by atoms with E-state index in [2.05, 4.69) is 218 Å². The van der Waals surface area contributed by atoms with Crippen LogP contribution in [0.4, 0.5) is 0 Å². The highest BCUT2D eigenvalue weighted by Crippen LogP contribution is 2.45. The Bertz CT molecular complexity index is 4450. The third-order valence-corrected chi connectivity index (χ3v) is 17.9. The van der Waals surface area contributed by atoms with Crippen molar-refractivity contribution in [3.63, 3.8) is 0 Å². The molecule has 0 radical (unpaired) electrons. The molecule has 11 aromatic carbocycles. The largest absolute Gasteiger partial charge is 0.192 e. The maximum absolute atomic E-state index is 10.6. The van der Waals surface area contributed by atoms with Gasteiger partial charge in [0, 0.05) is 60.5 Å². The highest BCUT2D eigenvalue weighted by atomic mass is 32.1. The van der Waals surface area contributed by atoms with Crippen LogP contribution in [0.3, 0.4) is 0 Å². The summed E-state index contributed by atoms with van der Waals surface area (Å²) in [6, 6.07) is 87.4. The maximum atomic E-state index is 10.6. The van der Waals surface area contributed by atoms with Gasteiger partial charge in [0.2, 0.25) is 0 Å². The Morgan fingerprint density at radius 2 is 0.534 bits per heavy atom. The van der Waals surface area contributed by atoms with Crippen molar-refractivity contribution in [2.24, 2.45) is 0 Å². The number of thiophene rings is 3. The van der Waals surface area contributed by atoms with Gasteiger partial charge in [0.15, 0.2) is 0 Å². The van der Waals surface area contributed by atoms with Crippen molar-refractivity contribution in [3.05, 3.63) is 242 Å². The van der Waals surface area contributed by atoms with Gasteiger partial charge in [-0.2, -0.15) is 10.5 Å². The Labute approximate surface area is 433 Å². The van der Waals surface area contributed by atoms with E-state index in [0.29, 0.717) is 11.1 Å². The first-order valence-corrected chi connectivity index (χ1v) is 26.7. The number of fused-ring (bicyclic) bond motifs is 9. The fourth-order valence-electron chi connectivity index (χ4n) is 10.8. The second-order valence-corrected chi connectivity index (χ2v) is 21.8. The van der Waals surface area contributed by atoms with Crippen LogP contribution >= 0.6 is 34.0 Å². The second-order valence-electron chi connectivity index (χ2n) is 18.6. The summed E-state index contributed by atoms with van der Waals surface area (Å²) >= 11 is 5.44. The van der Waals surface area contributed by atoms with Crippen molar-refractivity contribution in [3.8, 4) is 90.0 Å². The summed E-state index contributed by atoms with van der Waals surface area (Å²) in [5.74, 6) is 0. The molecular weight excluding hydrogens is 941 g/mol. The van der Waals surface area contributed by atoms with Crippen molar-refractivity contribution in [2.75, 3.05) is 0 Å². The van der Waals surface area contributed by atoms with Gasteiger partial charge in [-0.05, 0) is 157 Å². The molecule has 0 atom stereocenters. The molecule has 0 N–H and O–H groups in total. The topological polar surface area (TPSA) is 47.6 Å². The van der Waals surface area contributed by atoms with Crippen LogP contribution < -0.4 is 0 Å². The standard InChI is InChI=1S/C68H38N2S3/c69-39-41-29-47(37-52(31-41)55-17-9-20-61-58-14-2-5-23-64(58)72-67(55)61)50-34-49(35-51(36-50)48-30-42(40-70)32-53(38-48)56-18-10-21-62-59-15-3-6-24-65(59)73-68(56)62)46-12-7-11-45(33-46)43-25-27-44(28-26-43)54-16-8-19-60-57-13-1-4-22-63(57)71-66(54)60/h1-38H. The molecule has 3 heterocycles. The molecule has 0 amide bonds. The number of benzene rings is 11. The van der Waals surface area contributed by atoms with Gasteiger partial charge >= 0.3 is 0 Å². The average Bonchev–Trinajstić information content (AvgIpc) is 4.16. The number of nitriles is 2. The lowest BCUT2D eigenvalue weighted by Crippen LogP contribution is -1.91. The van der Waals surface area contributed by atoms with E-state index in [-0.39, 0.29) is 0 Å². The van der Waals surface area contributed by atoms with Crippen LogP contribution in [0.1, 0.15) is 11.1 Å². The summed E-state index contributed by atoms with van der Waals surface area (Å²) < 4.78 is 7.50. The van der Waals surface area contributed by atoms with Crippen LogP contribution in [0.15, 0.2) is 231 Å². The number of nitrogens with zero attached hydrogens (tertiary/aromatic N) is 2. The summed E-state index contributed by atoms with van der Waals surface area (Å²) in [6.45, 7) is 0. The van der Waals surface area contributed by atoms with Gasteiger partial charge in [-0.15, -0.1) is 34.0 Å². The molecule has 0 aliphatic rings. The van der Waals surface area contributed by atoms with E-state index in [9.17, 15) is 10.5 Å². The fraction of sp³-hybridized carbons (Fsp3) is 0. The quantitative estimate of drug-likeness (QED) is 0.160. The molecule has 14 rings (SSSR count). The first kappa shape index (κ1) is 42.9. The molecule has 5 heteroatoms. The molecule has 0 bridgehead atoms. The van der Waals surface area contributed by atoms with Gasteiger partial charge in [-0.25, -0.2) is 0 Å². The van der Waals surface area contributed by atoms with Crippen LogP contribution in [-0.4, -0.2) is 0 Å². The van der Waals surface area contributed by atoms with Crippen molar-refractivity contribution in [2.45, 2.75) is 0 Å². The summed E-state index contributed by atoms with van der Waals surface area (Å²) in [5, 5.41) is 28.7. The van der Waals surface area contributed by atoms with Gasteiger partial charge in [-0.1, -0.05) is 152 Å². The zero-order chi connectivity index (χ0) is 48.6. The summed E-state index contributed by atoms with van der Waals surface area (Å²) in [6.07, 6.45) is 0. The molecule has 0 spiro atoms. The minimum Gasteiger partial charge on any atom is -0.192 e. The highest BCUT2D eigenvalue weighted by Gasteiger charge is 2.18. The molecule has 0 saturated carbocycles. The fourth-order valence-corrected chi connectivity index (χ4v) is 14.5. The normalized spacial score (nSPS) is 11.5. The van der Waals surface area contributed by atoms with E-state index >= 15 is 0 Å². The average molecular weight is 979 g/mol. The summed E-state index contributed by atoms with van der Waals surface area (Å²) in [4.78, 5) is 0. The lowest BCUT2D eigenvalue weighted by atomic mass is 9.89.